The summed E-state index contributed by atoms with van der Waals surface area (Å²) in [6.07, 6.45) is -4.32. The number of halogens is 4. The number of amides is 1. The Bertz CT molecular complexity index is 673. The summed E-state index contributed by atoms with van der Waals surface area (Å²) in [6.45, 7) is 6.77. The third kappa shape index (κ3) is 8.00. The van der Waals surface area contributed by atoms with E-state index in [-0.39, 0.29) is 29.9 Å². The average Bonchev–Trinajstić information content (AvgIpc) is 2.65. The van der Waals surface area contributed by atoms with Crippen molar-refractivity contribution in [3.8, 4) is 0 Å². The Hall–Kier alpha value is -1.56. The average molecular weight is 527 g/mol. The van der Waals surface area contributed by atoms with Crippen LogP contribution in [-0.4, -0.2) is 79.9 Å². The number of piperazine rings is 1. The second-order valence-corrected chi connectivity index (χ2v) is 6.87. The first-order valence-electron chi connectivity index (χ1n) is 9.26. The van der Waals surface area contributed by atoms with Gasteiger partial charge in [0.15, 0.2) is 5.96 Å². The number of alkyl halides is 3. The van der Waals surface area contributed by atoms with E-state index in [1.807, 2.05) is 16.8 Å². The van der Waals surface area contributed by atoms with E-state index in [1.54, 1.807) is 14.0 Å². The zero-order valence-electron chi connectivity index (χ0n) is 17.0. The number of carbonyl (C=O) groups is 1. The van der Waals surface area contributed by atoms with Crippen molar-refractivity contribution in [2.75, 3.05) is 53.4 Å². The fourth-order valence-corrected chi connectivity index (χ4v) is 3.14. The van der Waals surface area contributed by atoms with E-state index in [0.29, 0.717) is 19.0 Å². The van der Waals surface area contributed by atoms with Gasteiger partial charge in [0.1, 0.15) is 0 Å². The van der Waals surface area contributed by atoms with Gasteiger partial charge in [-0.25, -0.2) is 0 Å². The molecular weight excluding hydrogens is 498 g/mol. The van der Waals surface area contributed by atoms with Crippen molar-refractivity contribution in [1.29, 1.82) is 0 Å². The predicted octanol–water partition coefficient (Wildman–Crippen LogP) is 2.49. The highest BCUT2D eigenvalue weighted by atomic mass is 127. The van der Waals surface area contributed by atoms with Crippen LogP contribution in [0.25, 0.3) is 0 Å². The van der Waals surface area contributed by atoms with Gasteiger partial charge in [-0.3, -0.25) is 14.7 Å². The van der Waals surface area contributed by atoms with Crippen LogP contribution in [0.15, 0.2) is 29.3 Å². The van der Waals surface area contributed by atoms with Crippen LogP contribution in [0.1, 0.15) is 18.1 Å². The molecule has 0 radical (unpaired) electrons. The summed E-state index contributed by atoms with van der Waals surface area (Å²) in [4.78, 5) is 21.6. The molecule has 1 aliphatic heterocycles. The van der Waals surface area contributed by atoms with Crippen molar-refractivity contribution in [2.24, 2.45) is 4.99 Å². The highest BCUT2D eigenvalue weighted by Gasteiger charge is 2.30. The van der Waals surface area contributed by atoms with E-state index in [9.17, 15) is 18.0 Å². The van der Waals surface area contributed by atoms with Gasteiger partial charge in [-0.2, -0.15) is 13.2 Å². The number of rotatable bonds is 5. The maximum absolute atomic E-state index is 12.7. The van der Waals surface area contributed by atoms with E-state index in [1.165, 1.54) is 12.1 Å². The van der Waals surface area contributed by atoms with E-state index in [4.69, 9.17) is 0 Å². The molecule has 1 aromatic rings. The fraction of sp³-hybridized carbons (Fsp3) is 0.579. The molecule has 29 heavy (non-hydrogen) atoms. The van der Waals surface area contributed by atoms with Crippen molar-refractivity contribution in [3.05, 3.63) is 35.4 Å². The Kier molecular flexibility index (Phi) is 10.2. The van der Waals surface area contributed by atoms with Crippen LogP contribution in [0.3, 0.4) is 0 Å². The maximum Gasteiger partial charge on any atom is 0.416 e. The molecule has 1 heterocycles. The van der Waals surface area contributed by atoms with Crippen molar-refractivity contribution >= 4 is 35.8 Å². The molecule has 0 saturated carbocycles. The first-order valence-corrected chi connectivity index (χ1v) is 9.26. The van der Waals surface area contributed by atoms with Crippen LogP contribution in [-0.2, 0) is 17.5 Å². The minimum Gasteiger partial charge on any atom is -0.355 e. The third-order valence-electron chi connectivity index (χ3n) is 4.80. The monoisotopic (exact) mass is 527 g/mol. The van der Waals surface area contributed by atoms with Crippen LogP contribution in [0.4, 0.5) is 13.2 Å². The Balaban J connectivity index is 0.00000420. The topological polar surface area (TPSA) is 51.2 Å². The van der Waals surface area contributed by atoms with Crippen molar-refractivity contribution in [2.45, 2.75) is 19.6 Å². The van der Waals surface area contributed by atoms with Crippen LogP contribution >= 0.6 is 24.0 Å². The number of carbonyl (C=O) groups excluding carboxylic acids is 1. The van der Waals surface area contributed by atoms with E-state index in [2.05, 4.69) is 15.2 Å². The zero-order chi connectivity index (χ0) is 20.7. The lowest BCUT2D eigenvalue weighted by molar-refractivity contribution is -0.137. The minimum atomic E-state index is -4.32. The molecular formula is C19H29F3IN5O. The largest absolute Gasteiger partial charge is 0.416 e. The van der Waals surface area contributed by atoms with Gasteiger partial charge in [-0.05, 0) is 17.7 Å². The number of benzene rings is 1. The molecule has 1 amide bonds. The maximum atomic E-state index is 12.7. The Morgan fingerprint density at radius 3 is 2.24 bits per heavy atom. The summed E-state index contributed by atoms with van der Waals surface area (Å²) in [5.74, 6) is 0.797. The standard InChI is InChI=1S/C19H28F3N5O.HI/c1-15(28)27-12-10-26(11-13-27)9-8-24-18(23-2)25(3)14-16-4-6-17(7-5-16)19(20,21)22;/h4-7H,8-14H2,1-3H3,(H,23,24);1H. The second-order valence-electron chi connectivity index (χ2n) is 6.87. The molecule has 0 aliphatic carbocycles. The second kappa shape index (κ2) is 11.6. The molecule has 1 saturated heterocycles. The molecule has 164 valence electrons. The third-order valence-corrected chi connectivity index (χ3v) is 4.80. The quantitative estimate of drug-likeness (QED) is 0.364. The van der Waals surface area contributed by atoms with Crippen molar-refractivity contribution in [1.82, 2.24) is 20.0 Å². The van der Waals surface area contributed by atoms with Crippen molar-refractivity contribution in [3.63, 3.8) is 0 Å². The first kappa shape index (κ1) is 25.5. The summed E-state index contributed by atoms with van der Waals surface area (Å²) in [5.41, 5.74) is 0.130. The Morgan fingerprint density at radius 2 is 1.76 bits per heavy atom. The molecule has 1 N–H and O–H groups in total. The molecule has 1 aromatic carbocycles. The molecule has 2 rings (SSSR count). The van der Waals surface area contributed by atoms with Gasteiger partial charge in [-0.15, -0.1) is 24.0 Å². The number of hydrogen-bond donors (Lipinski definition) is 1. The van der Waals surface area contributed by atoms with Crippen LogP contribution < -0.4 is 5.32 Å². The van der Waals surface area contributed by atoms with Crippen molar-refractivity contribution < 1.29 is 18.0 Å². The van der Waals surface area contributed by atoms with Gasteiger partial charge in [0.2, 0.25) is 5.91 Å². The molecule has 1 fully saturated rings. The van der Waals surface area contributed by atoms with Crippen LogP contribution in [0.5, 0.6) is 0 Å². The predicted molar refractivity (Wildman–Crippen MR) is 118 cm³/mol. The van der Waals surface area contributed by atoms with Gasteiger partial charge in [0.25, 0.3) is 0 Å². The summed E-state index contributed by atoms with van der Waals surface area (Å²) in [6, 6.07) is 5.17. The highest BCUT2D eigenvalue weighted by molar-refractivity contribution is 14.0. The summed E-state index contributed by atoms with van der Waals surface area (Å²) in [5, 5.41) is 3.28. The fourth-order valence-electron chi connectivity index (χ4n) is 3.14. The number of nitrogens with zero attached hydrogens (tertiary/aromatic N) is 4. The Morgan fingerprint density at radius 1 is 1.17 bits per heavy atom. The van der Waals surface area contributed by atoms with E-state index in [0.717, 1.165) is 50.4 Å². The number of guanidine groups is 1. The molecule has 0 atom stereocenters. The molecule has 0 unspecified atom stereocenters. The minimum absolute atomic E-state index is 0. The molecule has 0 bridgehead atoms. The summed E-state index contributed by atoms with van der Waals surface area (Å²) in [7, 11) is 3.52. The number of hydrogen-bond acceptors (Lipinski definition) is 3. The lowest BCUT2D eigenvalue weighted by atomic mass is 10.1. The zero-order valence-corrected chi connectivity index (χ0v) is 19.3. The lowest BCUT2D eigenvalue weighted by Gasteiger charge is -2.34. The van der Waals surface area contributed by atoms with E-state index >= 15 is 0 Å². The normalized spacial score (nSPS) is 15.7. The van der Waals surface area contributed by atoms with Crippen LogP contribution in [0.2, 0.25) is 0 Å². The summed E-state index contributed by atoms with van der Waals surface area (Å²) < 4.78 is 38.0. The Labute approximate surface area is 187 Å². The molecule has 1 aliphatic rings. The van der Waals surface area contributed by atoms with Gasteiger partial charge >= 0.3 is 6.18 Å². The number of aliphatic imine (C=N–C) groups is 1. The van der Waals surface area contributed by atoms with E-state index < -0.39 is 11.7 Å². The SMILES string of the molecule is CN=C(NCCN1CCN(C(C)=O)CC1)N(C)Cc1ccc(C(F)(F)F)cc1.I. The van der Waals surface area contributed by atoms with Gasteiger partial charge in [0, 0.05) is 66.8 Å². The number of nitrogens with one attached hydrogen (secondary N) is 1. The van der Waals surface area contributed by atoms with Gasteiger partial charge in [-0.1, -0.05) is 12.1 Å². The summed E-state index contributed by atoms with van der Waals surface area (Å²) >= 11 is 0. The first-order chi connectivity index (χ1) is 13.2. The molecule has 6 nitrogen and oxygen atoms in total. The molecule has 0 spiro atoms. The highest BCUT2D eigenvalue weighted by Crippen LogP contribution is 2.29. The van der Waals surface area contributed by atoms with Crippen LogP contribution in [0, 0.1) is 0 Å². The van der Waals surface area contributed by atoms with Gasteiger partial charge in [0.05, 0.1) is 5.56 Å². The lowest BCUT2D eigenvalue weighted by Crippen LogP contribution is -2.50. The molecule has 10 heteroatoms. The molecule has 0 aromatic heterocycles. The van der Waals surface area contributed by atoms with Gasteiger partial charge < -0.3 is 15.1 Å². The smallest absolute Gasteiger partial charge is 0.355 e.